The van der Waals surface area contributed by atoms with E-state index in [1.54, 1.807) is 0 Å². The Hall–Kier alpha value is -1.10. The lowest BCUT2D eigenvalue weighted by molar-refractivity contribution is -0.138. The zero-order valence-electron chi connectivity index (χ0n) is 14.1. The smallest absolute Gasteiger partial charge is 0.234 e. The average molecular weight is 309 g/mol. The first-order valence-corrected chi connectivity index (χ1v) is 8.84. The molecule has 0 spiro atoms. The Morgan fingerprint density at radius 2 is 1.68 bits per heavy atom. The predicted octanol–water partition coefficient (Wildman–Crippen LogP) is 1.48. The summed E-state index contributed by atoms with van der Waals surface area (Å²) in [7, 11) is 0. The zero-order valence-corrected chi connectivity index (χ0v) is 14.1. The Bertz CT molecular complexity index is 370. The van der Waals surface area contributed by atoms with Crippen molar-refractivity contribution < 1.29 is 9.59 Å². The third-order valence-corrected chi connectivity index (χ3v) is 4.68. The van der Waals surface area contributed by atoms with Gasteiger partial charge in [-0.2, -0.15) is 0 Å². The minimum absolute atomic E-state index is 0.106. The summed E-state index contributed by atoms with van der Waals surface area (Å²) in [6, 6.07) is 0. The van der Waals surface area contributed by atoms with Gasteiger partial charge in [0, 0.05) is 25.6 Å². The molecule has 5 heteroatoms. The standard InChI is InChI=1S/C17H31N3O2/c1-14(2)12-18-16(21)13-19-10-6-15(7-11-19)17(22)20-8-4-3-5-9-20/h14-15H,3-13H2,1-2H3,(H,18,21). The largest absolute Gasteiger partial charge is 0.355 e. The average Bonchev–Trinajstić information content (AvgIpc) is 2.54. The number of likely N-dealkylation sites (tertiary alicyclic amines) is 2. The number of carbonyl (C=O) groups excluding carboxylic acids is 2. The van der Waals surface area contributed by atoms with Crippen molar-refractivity contribution in [1.82, 2.24) is 15.1 Å². The van der Waals surface area contributed by atoms with Gasteiger partial charge in [-0.05, 0) is 51.1 Å². The molecule has 2 rings (SSSR count). The SMILES string of the molecule is CC(C)CNC(=O)CN1CCC(C(=O)N2CCCCC2)CC1. The van der Waals surface area contributed by atoms with Crippen LogP contribution in [0, 0.1) is 11.8 Å². The third-order valence-electron chi connectivity index (χ3n) is 4.68. The number of carbonyl (C=O) groups is 2. The van der Waals surface area contributed by atoms with E-state index in [-0.39, 0.29) is 11.8 Å². The molecule has 2 fully saturated rings. The van der Waals surface area contributed by atoms with Gasteiger partial charge in [0.05, 0.1) is 6.54 Å². The Morgan fingerprint density at radius 1 is 1.05 bits per heavy atom. The van der Waals surface area contributed by atoms with Gasteiger partial charge in [-0.25, -0.2) is 0 Å². The fraction of sp³-hybridized carbons (Fsp3) is 0.882. The molecule has 0 aliphatic carbocycles. The van der Waals surface area contributed by atoms with Crippen molar-refractivity contribution >= 4 is 11.8 Å². The van der Waals surface area contributed by atoms with Gasteiger partial charge in [-0.15, -0.1) is 0 Å². The Kier molecular flexibility index (Phi) is 6.68. The number of amides is 2. The number of nitrogens with zero attached hydrogens (tertiary/aromatic N) is 2. The Labute approximate surface area is 134 Å². The van der Waals surface area contributed by atoms with Crippen molar-refractivity contribution in [2.75, 3.05) is 39.3 Å². The molecule has 2 amide bonds. The van der Waals surface area contributed by atoms with Crippen LogP contribution < -0.4 is 5.32 Å². The van der Waals surface area contributed by atoms with E-state index in [2.05, 4.69) is 29.0 Å². The van der Waals surface area contributed by atoms with Crippen molar-refractivity contribution in [2.24, 2.45) is 11.8 Å². The molecule has 0 atom stereocenters. The molecule has 0 aromatic heterocycles. The molecule has 0 unspecified atom stereocenters. The molecular formula is C17H31N3O2. The molecule has 126 valence electrons. The topological polar surface area (TPSA) is 52.7 Å². The van der Waals surface area contributed by atoms with Gasteiger partial charge in [-0.1, -0.05) is 13.8 Å². The monoisotopic (exact) mass is 309 g/mol. The van der Waals surface area contributed by atoms with E-state index in [0.717, 1.165) is 58.4 Å². The summed E-state index contributed by atoms with van der Waals surface area (Å²) in [4.78, 5) is 28.6. The number of nitrogens with one attached hydrogen (secondary N) is 1. The summed E-state index contributed by atoms with van der Waals surface area (Å²) in [6.45, 7) is 9.00. The first kappa shape index (κ1) is 17.3. The zero-order chi connectivity index (χ0) is 15.9. The van der Waals surface area contributed by atoms with E-state index in [1.165, 1.54) is 6.42 Å². The van der Waals surface area contributed by atoms with Crippen molar-refractivity contribution in [3.8, 4) is 0 Å². The summed E-state index contributed by atoms with van der Waals surface area (Å²) in [5.41, 5.74) is 0. The molecule has 2 saturated heterocycles. The number of hydrogen-bond donors (Lipinski definition) is 1. The molecule has 22 heavy (non-hydrogen) atoms. The lowest BCUT2D eigenvalue weighted by Gasteiger charge is -2.35. The molecule has 2 aliphatic rings. The Morgan fingerprint density at radius 3 is 2.27 bits per heavy atom. The van der Waals surface area contributed by atoms with E-state index in [0.29, 0.717) is 18.4 Å². The van der Waals surface area contributed by atoms with Crippen LogP contribution in [0.15, 0.2) is 0 Å². The molecule has 0 radical (unpaired) electrons. The number of piperidine rings is 2. The molecule has 0 saturated carbocycles. The van der Waals surface area contributed by atoms with Crippen LogP contribution >= 0.6 is 0 Å². The molecule has 1 N–H and O–H groups in total. The van der Waals surface area contributed by atoms with Crippen molar-refractivity contribution in [3.63, 3.8) is 0 Å². The fourth-order valence-electron chi connectivity index (χ4n) is 3.29. The quantitative estimate of drug-likeness (QED) is 0.837. The van der Waals surface area contributed by atoms with Crippen molar-refractivity contribution in [2.45, 2.75) is 46.0 Å². The minimum atomic E-state index is 0.106. The minimum Gasteiger partial charge on any atom is -0.355 e. The van der Waals surface area contributed by atoms with Crippen molar-refractivity contribution in [3.05, 3.63) is 0 Å². The fourth-order valence-corrected chi connectivity index (χ4v) is 3.29. The van der Waals surface area contributed by atoms with Gasteiger partial charge in [0.15, 0.2) is 0 Å². The maximum Gasteiger partial charge on any atom is 0.234 e. The van der Waals surface area contributed by atoms with Crippen LogP contribution in [0.5, 0.6) is 0 Å². The third kappa shape index (κ3) is 5.27. The molecule has 0 aromatic rings. The highest BCUT2D eigenvalue weighted by Gasteiger charge is 2.29. The van der Waals surface area contributed by atoms with Crippen LogP contribution in [0.25, 0.3) is 0 Å². The molecule has 2 heterocycles. The van der Waals surface area contributed by atoms with Crippen LogP contribution in [0.1, 0.15) is 46.0 Å². The second-order valence-electron chi connectivity index (χ2n) is 7.13. The van der Waals surface area contributed by atoms with Gasteiger partial charge in [0.2, 0.25) is 11.8 Å². The summed E-state index contributed by atoms with van der Waals surface area (Å²) in [5.74, 6) is 1.11. The van der Waals surface area contributed by atoms with E-state index in [1.807, 2.05) is 0 Å². The van der Waals surface area contributed by atoms with Crippen LogP contribution in [0.2, 0.25) is 0 Å². The molecular weight excluding hydrogens is 278 g/mol. The van der Waals surface area contributed by atoms with Crippen molar-refractivity contribution in [1.29, 1.82) is 0 Å². The van der Waals surface area contributed by atoms with Gasteiger partial charge in [0.25, 0.3) is 0 Å². The molecule has 0 bridgehead atoms. The first-order chi connectivity index (χ1) is 10.6. The highest BCUT2D eigenvalue weighted by molar-refractivity contribution is 5.79. The maximum atomic E-state index is 12.5. The second kappa shape index (κ2) is 8.51. The lowest BCUT2D eigenvalue weighted by Crippen LogP contribution is -2.46. The van der Waals surface area contributed by atoms with Gasteiger partial charge in [-0.3, -0.25) is 14.5 Å². The maximum absolute atomic E-state index is 12.5. The van der Waals surface area contributed by atoms with E-state index in [9.17, 15) is 9.59 Å². The summed E-state index contributed by atoms with van der Waals surface area (Å²) >= 11 is 0. The van der Waals surface area contributed by atoms with Crippen LogP contribution in [0.3, 0.4) is 0 Å². The number of rotatable bonds is 5. The highest BCUT2D eigenvalue weighted by Crippen LogP contribution is 2.21. The summed E-state index contributed by atoms with van der Waals surface area (Å²) < 4.78 is 0. The molecule has 5 nitrogen and oxygen atoms in total. The number of hydrogen-bond acceptors (Lipinski definition) is 3. The van der Waals surface area contributed by atoms with Gasteiger partial charge >= 0.3 is 0 Å². The highest BCUT2D eigenvalue weighted by atomic mass is 16.2. The van der Waals surface area contributed by atoms with Crippen LogP contribution in [-0.4, -0.2) is 60.9 Å². The van der Waals surface area contributed by atoms with E-state index >= 15 is 0 Å². The van der Waals surface area contributed by atoms with Crippen LogP contribution in [-0.2, 0) is 9.59 Å². The molecule has 2 aliphatic heterocycles. The summed E-state index contributed by atoms with van der Waals surface area (Å²) in [5, 5.41) is 2.96. The normalized spacial score (nSPS) is 21.1. The molecule has 0 aromatic carbocycles. The summed E-state index contributed by atoms with van der Waals surface area (Å²) in [6.07, 6.45) is 5.36. The van der Waals surface area contributed by atoms with Gasteiger partial charge < -0.3 is 10.2 Å². The Balaban J connectivity index is 1.68. The van der Waals surface area contributed by atoms with E-state index in [4.69, 9.17) is 0 Å². The van der Waals surface area contributed by atoms with Gasteiger partial charge in [0.1, 0.15) is 0 Å². The van der Waals surface area contributed by atoms with E-state index < -0.39 is 0 Å². The van der Waals surface area contributed by atoms with Crippen LogP contribution in [0.4, 0.5) is 0 Å². The first-order valence-electron chi connectivity index (χ1n) is 8.84. The predicted molar refractivity (Wildman–Crippen MR) is 87.4 cm³/mol. The second-order valence-corrected chi connectivity index (χ2v) is 7.13. The lowest BCUT2D eigenvalue weighted by atomic mass is 9.94.